The van der Waals surface area contributed by atoms with Crippen molar-refractivity contribution in [1.29, 1.82) is 5.26 Å². The Bertz CT molecular complexity index is 1870. The topological polar surface area (TPSA) is 156 Å². The first-order valence-corrected chi connectivity index (χ1v) is 14.3. The van der Waals surface area contributed by atoms with Crippen LogP contribution >= 0.6 is 0 Å². The highest BCUT2D eigenvalue weighted by molar-refractivity contribution is 5.89. The summed E-state index contributed by atoms with van der Waals surface area (Å²) in [6, 6.07) is 19.1. The molecule has 1 fully saturated rings. The Morgan fingerprint density at radius 3 is 2.52 bits per heavy atom. The van der Waals surface area contributed by atoms with Crippen LogP contribution in [0.15, 0.2) is 72.1 Å². The molecule has 0 amide bonds. The van der Waals surface area contributed by atoms with Crippen molar-refractivity contribution in [1.82, 2.24) is 34.4 Å². The summed E-state index contributed by atoms with van der Waals surface area (Å²) in [6.07, 6.45) is 4.72. The summed E-state index contributed by atoms with van der Waals surface area (Å²) in [7, 11) is 0. The second kappa shape index (κ2) is 11.7. The van der Waals surface area contributed by atoms with E-state index in [1.165, 1.54) is 17.8 Å². The van der Waals surface area contributed by atoms with Crippen molar-refractivity contribution >= 4 is 22.8 Å². The van der Waals surface area contributed by atoms with E-state index in [1.807, 2.05) is 22.8 Å². The molecule has 4 aromatic heterocycles. The maximum Gasteiger partial charge on any atom is 0.234 e. The zero-order valence-corrected chi connectivity index (χ0v) is 23.6. The number of halogens is 1. The van der Waals surface area contributed by atoms with E-state index in [4.69, 9.17) is 25.8 Å². The van der Waals surface area contributed by atoms with E-state index in [0.29, 0.717) is 52.7 Å². The van der Waals surface area contributed by atoms with Gasteiger partial charge in [-0.15, -0.1) is 0 Å². The van der Waals surface area contributed by atoms with Gasteiger partial charge < -0.3 is 15.9 Å². The number of amidine groups is 1. The van der Waals surface area contributed by atoms with Gasteiger partial charge in [0.25, 0.3) is 0 Å². The number of nitrogens with one attached hydrogen (secondary N) is 1. The first-order chi connectivity index (χ1) is 21.5. The van der Waals surface area contributed by atoms with Gasteiger partial charge in [0.2, 0.25) is 5.82 Å². The number of nitriles is 1. The number of piperidine rings is 1. The van der Waals surface area contributed by atoms with Crippen LogP contribution in [0.3, 0.4) is 0 Å². The van der Waals surface area contributed by atoms with E-state index < -0.39 is 5.82 Å². The van der Waals surface area contributed by atoms with Gasteiger partial charge in [-0.3, -0.25) is 14.5 Å². The zero-order chi connectivity index (χ0) is 30.0. The monoisotopic (exact) mass is 589 g/mol. The van der Waals surface area contributed by atoms with E-state index in [-0.39, 0.29) is 11.7 Å². The van der Waals surface area contributed by atoms with E-state index >= 15 is 0 Å². The van der Waals surface area contributed by atoms with Gasteiger partial charge in [0.1, 0.15) is 41.6 Å². The summed E-state index contributed by atoms with van der Waals surface area (Å²) < 4.78 is 15.5. The van der Waals surface area contributed by atoms with Crippen LogP contribution in [0.4, 0.5) is 10.2 Å². The average molecular weight is 590 g/mol. The van der Waals surface area contributed by atoms with Crippen molar-refractivity contribution in [3.8, 4) is 23.1 Å². The van der Waals surface area contributed by atoms with Crippen LogP contribution in [0.5, 0.6) is 0 Å². The van der Waals surface area contributed by atoms with Crippen LogP contribution in [0, 0.1) is 17.1 Å². The van der Waals surface area contributed by atoms with Gasteiger partial charge in [-0.05, 0) is 60.9 Å². The Morgan fingerprint density at radius 2 is 1.80 bits per heavy atom. The Labute approximate surface area is 252 Å². The number of hydrogen-bond donors (Lipinski definition) is 2. The molecule has 1 unspecified atom stereocenters. The fraction of sp³-hybridized carbons (Fsp3) is 0.258. The van der Waals surface area contributed by atoms with Crippen molar-refractivity contribution in [3.05, 3.63) is 90.0 Å². The molecule has 0 aliphatic carbocycles. The minimum absolute atomic E-state index is 0.168. The Balaban J connectivity index is 1.10. The van der Waals surface area contributed by atoms with E-state index in [9.17, 15) is 4.39 Å². The maximum absolute atomic E-state index is 13.5. The Morgan fingerprint density at radius 1 is 0.977 bits per heavy atom. The standard InChI is InChI=1S/C31H28FN11O/c32-20-3-6-24(36-16-20)25-7-8-26-31(38-25)43(30(39-26)23-18-44-41-29(23)34)22-4-1-19(2-5-22)17-42-13-10-21(11-14-42)37-27-9-12-35-28(15-33)40-27/h1-9,12,16,21,23H,10-11,13-14,17-18H2,(H2,34,41)(H,35,37,40). The largest absolute Gasteiger partial charge is 0.393 e. The molecule has 6 heterocycles. The average Bonchev–Trinajstić information content (AvgIpc) is 3.65. The number of pyridine rings is 2. The highest BCUT2D eigenvalue weighted by Gasteiger charge is 2.30. The molecule has 2 aliphatic rings. The lowest BCUT2D eigenvalue weighted by molar-refractivity contribution is 0.165. The number of benzene rings is 1. The van der Waals surface area contributed by atoms with Crippen molar-refractivity contribution in [3.63, 3.8) is 0 Å². The summed E-state index contributed by atoms with van der Waals surface area (Å²) in [5.74, 6) is 1.17. The Kier molecular flexibility index (Phi) is 7.25. The number of fused-ring (bicyclic) bond motifs is 1. The number of nitrogens with zero attached hydrogens (tertiary/aromatic N) is 9. The number of hydrogen-bond acceptors (Lipinski definition) is 11. The molecule has 0 spiro atoms. The van der Waals surface area contributed by atoms with Crippen LogP contribution < -0.4 is 11.1 Å². The normalized spacial score (nSPS) is 17.3. The molecule has 220 valence electrons. The van der Waals surface area contributed by atoms with Crippen LogP contribution in [-0.2, 0) is 11.4 Å². The van der Waals surface area contributed by atoms with Gasteiger partial charge in [-0.1, -0.05) is 17.3 Å². The first kappa shape index (κ1) is 27.4. The van der Waals surface area contributed by atoms with Crippen molar-refractivity contribution in [2.75, 3.05) is 25.0 Å². The van der Waals surface area contributed by atoms with E-state index in [0.717, 1.165) is 38.2 Å². The highest BCUT2D eigenvalue weighted by atomic mass is 19.1. The quantitative estimate of drug-likeness (QED) is 0.287. The molecule has 1 aromatic carbocycles. The molecule has 12 nitrogen and oxygen atoms in total. The summed E-state index contributed by atoms with van der Waals surface area (Å²) in [6.45, 7) is 3.00. The molecule has 13 heteroatoms. The molecule has 7 rings (SSSR count). The molecule has 5 aromatic rings. The lowest BCUT2D eigenvalue weighted by Gasteiger charge is -2.32. The molecule has 3 N–H and O–H groups in total. The van der Waals surface area contributed by atoms with E-state index in [2.05, 4.69) is 54.6 Å². The third kappa shape index (κ3) is 5.50. The molecule has 44 heavy (non-hydrogen) atoms. The number of imidazole rings is 1. The minimum Gasteiger partial charge on any atom is -0.393 e. The van der Waals surface area contributed by atoms with Gasteiger partial charge >= 0.3 is 0 Å². The highest BCUT2D eigenvalue weighted by Crippen LogP contribution is 2.30. The molecular weight excluding hydrogens is 561 g/mol. The molecular formula is C31H28FN11O. The third-order valence-electron chi connectivity index (χ3n) is 7.90. The summed E-state index contributed by atoms with van der Waals surface area (Å²) in [4.78, 5) is 29.8. The number of anilines is 1. The van der Waals surface area contributed by atoms with E-state index in [1.54, 1.807) is 18.3 Å². The predicted molar refractivity (Wildman–Crippen MR) is 161 cm³/mol. The molecule has 0 saturated carbocycles. The number of nitrogens with two attached hydrogens (primary N) is 1. The van der Waals surface area contributed by atoms with Crippen LogP contribution in [0.1, 0.15) is 36.0 Å². The molecule has 1 saturated heterocycles. The fourth-order valence-corrected chi connectivity index (χ4v) is 5.62. The second-order valence-corrected chi connectivity index (χ2v) is 10.8. The fourth-order valence-electron chi connectivity index (χ4n) is 5.62. The molecule has 0 radical (unpaired) electrons. The minimum atomic E-state index is -0.406. The predicted octanol–water partition coefficient (Wildman–Crippen LogP) is 3.75. The van der Waals surface area contributed by atoms with Crippen molar-refractivity contribution in [2.24, 2.45) is 10.9 Å². The molecule has 0 bridgehead atoms. The van der Waals surface area contributed by atoms with Crippen LogP contribution in [0.2, 0.25) is 0 Å². The van der Waals surface area contributed by atoms with Crippen molar-refractivity contribution in [2.45, 2.75) is 31.3 Å². The maximum atomic E-state index is 13.5. The van der Waals surface area contributed by atoms with Gasteiger partial charge in [-0.25, -0.2) is 24.3 Å². The SMILES string of the molecule is N#Cc1nccc(NC2CCN(Cc3ccc(-n4c(C5CON=C5N)nc5ccc(-c6ccc(F)cn6)nc54)cc3)CC2)n1. The van der Waals surface area contributed by atoms with Gasteiger partial charge in [0.15, 0.2) is 11.5 Å². The molecule has 1 atom stereocenters. The Hall–Kier alpha value is -5.48. The number of oxime groups is 1. The third-order valence-corrected chi connectivity index (χ3v) is 7.90. The van der Waals surface area contributed by atoms with Crippen LogP contribution in [-0.4, -0.2) is 66.0 Å². The summed E-state index contributed by atoms with van der Waals surface area (Å²) in [5.41, 5.74) is 10.8. The smallest absolute Gasteiger partial charge is 0.234 e. The number of likely N-dealkylation sites (tertiary alicyclic amines) is 1. The first-order valence-electron chi connectivity index (χ1n) is 14.3. The van der Waals surface area contributed by atoms with Gasteiger partial charge in [0.05, 0.1) is 17.6 Å². The number of aromatic nitrogens is 6. The summed E-state index contributed by atoms with van der Waals surface area (Å²) >= 11 is 0. The molecule has 2 aliphatic heterocycles. The van der Waals surface area contributed by atoms with Crippen molar-refractivity contribution < 1.29 is 9.23 Å². The van der Waals surface area contributed by atoms with Gasteiger partial charge in [-0.2, -0.15) is 5.26 Å². The second-order valence-electron chi connectivity index (χ2n) is 10.8. The number of rotatable bonds is 7. The van der Waals surface area contributed by atoms with Crippen LogP contribution in [0.25, 0.3) is 28.2 Å². The lowest BCUT2D eigenvalue weighted by Crippen LogP contribution is -2.38. The lowest BCUT2D eigenvalue weighted by atomic mass is 10.0. The van der Waals surface area contributed by atoms with Gasteiger partial charge in [0, 0.05) is 37.6 Å². The summed E-state index contributed by atoms with van der Waals surface area (Å²) in [5, 5.41) is 16.4. The zero-order valence-electron chi connectivity index (χ0n) is 23.6.